The highest BCUT2D eigenvalue weighted by molar-refractivity contribution is 6.28. The third kappa shape index (κ3) is 4.16. The molecule has 0 fully saturated rings. The lowest BCUT2D eigenvalue weighted by Gasteiger charge is -2.11. The molecule has 11 aromatic rings. The highest BCUT2D eigenvalue weighted by atomic mass is 14.9. The van der Waals surface area contributed by atoms with Gasteiger partial charge in [0.05, 0.1) is 16.6 Å². The molecule has 236 valence electrons. The monoisotopic (exact) mass is 645 g/mol. The minimum Gasteiger partial charge on any atom is -0.308 e. The topological polar surface area (TPSA) is 4.41 Å². The van der Waals surface area contributed by atoms with Crippen molar-refractivity contribution >= 4 is 59.6 Å². The summed E-state index contributed by atoms with van der Waals surface area (Å²) in [4.78, 5) is 0. The summed E-state index contributed by atoms with van der Waals surface area (Å²) in [6.07, 6.45) is 0. The van der Waals surface area contributed by atoms with Crippen LogP contribution in [-0.4, -0.2) is 4.40 Å². The number of nitrogens with zero attached hydrogens (tertiary/aromatic N) is 1. The van der Waals surface area contributed by atoms with Gasteiger partial charge in [-0.25, -0.2) is 0 Å². The van der Waals surface area contributed by atoms with Crippen LogP contribution in [0.4, 0.5) is 0 Å². The summed E-state index contributed by atoms with van der Waals surface area (Å²) >= 11 is 0. The van der Waals surface area contributed by atoms with Crippen LogP contribution in [0.2, 0.25) is 0 Å². The van der Waals surface area contributed by atoms with E-state index in [1.807, 2.05) is 0 Å². The second kappa shape index (κ2) is 10.9. The molecule has 0 spiro atoms. The van der Waals surface area contributed by atoms with Gasteiger partial charge in [0.2, 0.25) is 0 Å². The first-order valence-electron chi connectivity index (χ1n) is 17.7. The number of hydrogen-bond donors (Lipinski definition) is 0. The number of benzene rings is 9. The SMILES string of the molecule is c1ccc2c(-c3ccc(-c4cccc5c4c4cccc6c7c(-c8ccc(-c9cccc%10ccccc9%10)cc8)cccc7n5c46)cc3)cccc2c1. The van der Waals surface area contributed by atoms with Crippen molar-refractivity contribution in [2.24, 2.45) is 0 Å². The fraction of sp³-hybridized carbons (Fsp3) is 0. The van der Waals surface area contributed by atoms with Gasteiger partial charge in [-0.05, 0) is 78.2 Å². The van der Waals surface area contributed by atoms with Crippen molar-refractivity contribution in [1.29, 1.82) is 0 Å². The first-order valence-corrected chi connectivity index (χ1v) is 17.7. The van der Waals surface area contributed by atoms with Gasteiger partial charge in [0, 0.05) is 21.5 Å². The molecule has 0 aliphatic rings. The molecule has 1 heteroatoms. The Hall–Kier alpha value is -6.70. The molecular weight excluding hydrogens is 615 g/mol. The highest BCUT2D eigenvalue weighted by Crippen LogP contribution is 2.45. The lowest BCUT2D eigenvalue weighted by atomic mass is 9.93. The Balaban J connectivity index is 1.05. The van der Waals surface area contributed by atoms with Gasteiger partial charge in [-0.15, -0.1) is 0 Å². The van der Waals surface area contributed by atoms with Crippen molar-refractivity contribution in [3.8, 4) is 44.5 Å². The van der Waals surface area contributed by atoms with E-state index in [1.54, 1.807) is 0 Å². The van der Waals surface area contributed by atoms with Crippen LogP contribution in [0.5, 0.6) is 0 Å². The van der Waals surface area contributed by atoms with Crippen molar-refractivity contribution in [2.75, 3.05) is 0 Å². The largest absolute Gasteiger partial charge is 0.308 e. The molecule has 0 bridgehead atoms. The van der Waals surface area contributed by atoms with Crippen LogP contribution in [0.15, 0.2) is 188 Å². The predicted molar refractivity (Wildman–Crippen MR) is 218 cm³/mol. The van der Waals surface area contributed by atoms with Crippen LogP contribution >= 0.6 is 0 Å². The maximum absolute atomic E-state index is 2.50. The van der Waals surface area contributed by atoms with Crippen LogP contribution in [0.3, 0.4) is 0 Å². The second-order valence-electron chi connectivity index (χ2n) is 13.6. The first-order chi connectivity index (χ1) is 25.3. The van der Waals surface area contributed by atoms with Gasteiger partial charge in [0.1, 0.15) is 0 Å². The summed E-state index contributed by atoms with van der Waals surface area (Å²) in [5.74, 6) is 0. The zero-order valence-corrected chi connectivity index (χ0v) is 27.8. The molecule has 0 unspecified atom stereocenters. The molecule has 0 amide bonds. The van der Waals surface area contributed by atoms with Crippen LogP contribution < -0.4 is 0 Å². The minimum absolute atomic E-state index is 1.23. The molecule has 0 saturated heterocycles. The fourth-order valence-corrected chi connectivity index (χ4v) is 8.67. The number of fused-ring (bicyclic) bond motifs is 8. The fourth-order valence-electron chi connectivity index (χ4n) is 8.67. The Morgan fingerprint density at radius 2 is 0.588 bits per heavy atom. The van der Waals surface area contributed by atoms with E-state index >= 15 is 0 Å². The average molecular weight is 646 g/mol. The summed E-state index contributed by atoms with van der Waals surface area (Å²) in [5, 5.41) is 10.3. The van der Waals surface area contributed by atoms with Crippen molar-refractivity contribution in [3.05, 3.63) is 188 Å². The van der Waals surface area contributed by atoms with E-state index in [-0.39, 0.29) is 0 Å². The van der Waals surface area contributed by atoms with Crippen LogP contribution in [-0.2, 0) is 0 Å². The molecule has 0 saturated carbocycles. The van der Waals surface area contributed by atoms with Gasteiger partial charge >= 0.3 is 0 Å². The standard InChI is InChI=1S/C50H31N/c1-3-14-38-32(10-1)12-5-16-40(38)34-24-28-36(29-25-34)42-18-8-22-46-48(42)44-20-7-21-45-49-43(19-9-23-47(49)51(46)50(44)45)37-30-26-35(27-31-37)41-17-6-13-33-11-2-4-15-39(33)41/h1-31H. The molecule has 0 aliphatic carbocycles. The summed E-state index contributed by atoms with van der Waals surface area (Å²) in [6.45, 7) is 0. The zero-order chi connectivity index (χ0) is 33.5. The molecule has 0 radical (unpaired) electrons. The van der Waals surface area contributed by atoms with Crippen LogP contribution in [0.1, 0.15) is 0 Å². The van der Waals surface area contributed by atoms with E-state index < -0.39 is 0 Å². The van der Waals surface area contributed by atoms with Crippen molar-refractivity contribution in [2.45, 2.75) is 0 Å². The smallest absolute Gasteiger partial charge is 0.0620 e. The second-order valence-corrected chi connectivity index (χ2v) is 13.6. The Bertz CT molecular complexity index is 2890. The number of rotatable bonds is 4. The third-order valence-electron chi connectivity index (χ3n) is 11.0. The Morgan fingerprint density at radius 3 is 1.06 bits per heavy atom. The third-order valence-corrected chi connectivity index (χ3v) is 11.0. The van der Waals surface area contributed by atoms with Gasteiger partial charge in [-0.1, -0.05) is 176 Å². The van der Waals surface area contributed by atoms with Crippen LogP contribution in [0, 0.1) is 0 Å². The average Bonchev–Trinajstić information content (AvgIpc) is 3.74. The van der Waals surface area contributed by atoms with Gasteiger partial charge in [-0.2, -0.15) is 0 Å². The molecule has 51 heavy (non-hydrogen) atoms. The lowest BCUT2D eigenvalue weighted by molar-refractivity contribution is 1.37. The molecule has 9 aromatic carbocycles. The quantitative estimate of drug-likeness (QED) is 0.179. The normalized spacial score (nSPS) is 11.9. The molecule has 11 rings (SSSR count). The molecule has 0 aliphatic heterocycles. The van der Waals surface area contributed by atoms with Gasteiger partial charge in [-0.3, -0.25) is 0 Å². The van der Waals surface area contributed by atoms with Gasteiger partial charge in [0.25, 0.3) is 0 Å². The van der Waals surface area contributed by atoms with E-state index in [4.69, 9.17) is 0 Å². The summed E-state index contributed by atoms with van der Waals surface area (Å²) in [6, 6.07) is 69.1. The Kier molecular flexibility index (Phi) is 6.02. The number of aromatic nitrogens is 1. The summed E-state index contributed by atoms with van der Waals surface area (Å²) < 4.78 is 2.50. The summed E-state index contributed by atoms with van der Waals surface area (Å²) in [5.41, 5.74) is 13.8. The molecule has 0 N–H and O–H groups in total. The lowest BCUT2D eigenvalue weighted by Crippen LogP contribution is -1.86. The van der Waals surface area contributed by atoms with E-state index in [9.17, 15) is 0 Å². The molecule has 2 aromatic heterocycles. The Morgan fingerprint density at radius 1 is 0.255 bits per heavy atom. The predicted octanol–water partition coefficient (Wildman–Crippen LogP) is 13.8. The molecular formula is C50H31N. The van der Waals surface area contributed by atoms with E-state index in [1.165, 1.54) is 104 Å². The van der Waals surface area contributed by atoms with Crippen molar-refractivity contribution in [1.82, 2.24) is 4.40 Å². The Labute approximate surface area is 295 Å². The van der Waals surface area contributed by atoms with Gasteiger partial charge < -0.3 is 4.40 Å². The van der Waals surface area contributed by atoms with E-state index in [0.29, 0.717) is 0 Å². The zero-order valence-electron chi connectivity index (χ0n) is 27.8. The van der Waals surface area contributed by atoms with E-state index in [0.717, 1.165) is 0 Å². The number of para-hydroxylation sites is 1. The number of hydrogen-bond acceptors (Lipinski definition) is 0. The molecule has 1 nitrogen and oxygen atoms in total. The van der Waals surface area contributed by atoms with Gasteiger partial charge in [0.15, 0.2) is 0 Å². The van der Waals surface area contributed by atoms with E-state index in [2.05, 4.69) is 192 Å². The minimum atomic E-state index is 1.23. The van der Waals surface area contributed by atoms with Crippen molar-refractivity contribution in [3.63, 3.8) is 0 Å². The maximum atomic E-state index is 2.50. The molecule has 2 heterocycles. The summed E-state index contributed by atoms with van der Waals surface area (Å²) in [7, 11) is 0. The highest BCUT2D eigenvalue weighted by Gasteiger charge is 2.21. The molecule has 0 atom stereocenters. The van der Waals surface area contributed by atoms with Crippen molar-refractivity contribution < 1.29 is 0 Å². The maximum Gasteiger partial charge on any atom is 0.0620 e. The van der Waals surface area contributed by atoms with Crippen LogP contribution in [0.25, 0.3) is 104 Å². The first kappa shape index (κ1) is 28.2.